The second-order valence-corrected chi connectivity index (χ2v) is 8.81. The number of hydrogen-bond acceptors (Lipinski definition) is 7. The first-order chi connectivity index (χ1) is 18.1. The molecule has 0 aliphatic heterocycles. The smallest absolute Gasteiger partial charge is 0.434 e. The highest BCUT2D eigenvalue weighted by Crippen LogP contribution is 2.45. The highest BCUT2D eigenvalue weighted by Gasteiger charge is 2.35. The average Bonchev–Trinajstić information content (AvgIpc) is 3.64. The van der Waals surface area contributed by atoms with Crippen LogP contribution in [-0.2, 0) is 13.2 Å². The van der Waals surface area contributed by atoms with Crippen LogP contribution in [0.25, 0.3) is 22.8 Å². The lowest BCUT2D eigenvalue weighted by Crippen LogP contribution is -2.08. The molecule has 1 aliphatic rings. The third-order valence-electron chi connectivity index (χ3n) is 6.07. The summed E-state index contributed by atoms with van der Waals surface area (Å²) in [7, 11) is 2.71. The SMILES string of the molecule is COc1ncnc(C2CC2)c1-c1nccc(O[C@@H](C)c2cc(F)c(-c3nc(C(F)(F)F)cn3C)c(F)c2)n1. The van der Waals surface area contributed by atoms with Crippen LogP contribution in [0.3, 0.4) is 0 Å². The molecular weight excluding hydrogens is 511 g/mol. The normalized spacial score (nSPS) is 14.4. The maximum atomic E-state index is 15.0. The molecule has 0 N–H and O–H groups in total. The van der Waals surface area contributed by atoms with Gasteiger partial charge < -0.3 is 14.0 Å². The molecule has 1 saturated carbocycles. The lowest BCUT2D eigenvalue weighted by atomic mass is 10.1. The van der Waals surface area contributed by atoms with Crippen molar-refractivity contribution in [3.05, 3.63) is 65.5 Å². The standard InChI is InChI=1S/C25H21F5N6O2/c1-12(14-8-15(26)19(16(27)9-14)23-34-17(10-36(23)2)25(28,29)30)38-18-6-7-31-22(35-18)20-21(13-4-5-13)32-11-33-24(20)37-3/h6-13H,4-5H2,1-3H3/t12-/m0/s1. The first-order valence-electron chi connectivity index (χ1n) is 11.6. The van der Waals surface area contributed by atoms with Crippen LogP contribution in [0.2, 0.25) is 0 Å². The van der Waals surface area contributed by atoms with Gasteiger partial charge in [-0.2, -0.15) is 18.2 Å². The number of aryl methyl sites for hydroxylation is 1. The zero-order chi connectivity index (χ0) is 27.2. The van der Waals surface area contributed by atoms with E-state index in [-0.39, 0.29) is 23.2 Å². The number of imidazole rings is 1. The summed E-state index contributed by atoms with van der Waals surface area (Å²) in [6, 6.07) is 3.47. The number of hydrogen-bond donors (Lipinski definition) is 0. The Labute approximate surface area is 213 Å². The molecule has 0 bridgehead atoms. The maximum Gasteiger partial charge on any atom is 0.434 e. The van der Waals surface area contributed by atoms with Crippen molar-refractivity contribution in [2.24, 2.45) is 7.05 Å². The van der Waals surface area contributed by atoms with Crippen LogP contribution in [0.5, 0.6) is 11.8 Å². The Kier molecular flexibility index (Phi) is 6.45. The molecule has 38 heavy (non-hydrogen) atoms. The van der Waals surface area contributed by atoms with Gasteiger partial charge in [0.2, 0.25) is 11.8 Å². The maximum absolute atomic E-state index is 15.0. The Morgan fingerprint density at radius 1 is 1.03 bits per heavy atom. The van der Waals surface area contributed by atoms with E-state index in [1.54, 1.807) is 6.92 Å². The summed E-state index contributed by atoms with van der Waals surface area (Å²) >= 11 is 0. The zero-order valence-electron chi connectivity index (χ0n) is 20.4. The molecule has 8 nitrogen and oxygen atoms in total. The topological polar surface area (TPSA) is 87.8 Å². The molecule has 0 radical (unpaired) electrons. The quantitative estimate of drug-likeness (QED) is 0.284. The van der Waals surface area contributed by atoms with Crippen LogP contribution >= 0.6 is 0 Å². The molecule has 0 unspecified atom stereocenters. The number of ether oxygens (including phenoxy) is 2. The molecule has 1 fully saturated rings. The lowest BCUT2D eigenvalue weighted by molar-refractivity contribution is -0.140. The fraction of sp³-hybridized carbons (Fsp3) is 0.320. The summed E-state index contributed by atoms with van der Waals surface area (Å²) in [6.07, 6.45) is -0.123. The van der Waals surface area contributed by atoms with E-state index in [4.69, 9.17) is 9.47 Å². The minimum absolute atomic E-state index is 0.105. The van der Waals surface area contributed by atoms with Crippen molar-refractivity contribution in [3.8, 4) is 34.5 Å². The van der Waals surface area contributed by atoms with E-state index >= 15 is 0 Å². The van der Waals surface area contributed by atoms with Gasteiger partial charge in [0.1, 0.15) is 35.5 Å². The Balaban J connectivity index is 1.43. The molecule has 3 heterocycles. The van der Waals surface area contributed by atoms with Gasteiger partial charge in [-0.25, -0.2) is 28.7 Å². The van der Waals surface area contributed by atoms with Gasteiger partial charge in [-0.1, -0.05) is 0 Å². The van der Waals surface area contributed by atoms with Gasteiger partial charge >= 0.3 is 6.18 Å². The molecule has 0 amide bonds. The highest BCUT2D eigenvalue weighted by molar-refractivity contribution is 5.66. The fourth-order valence-electron chi connectivity index (χ4n) is 4.07. The predicted molar refractivity (Wildman–Crippen MR) is 124 cm³/mol. The van der Waals surface area contributed by atoms with Crippen LogP contribution in [0.15, 0.2) is 36.9 Å². The van der Waals surface area contributed by atoms with Gasteiger partial charge in [0.05, 0.1) is 18.4 Å². The third kappa shape index (κ3) is 4.87. The van der Waals surface area contributed by atoms with Gasteiger partial charge in [0, 0.05) is 31.4 Å². The molecular formula is C25H21F5N6O2. The molecule has 4 aromatic rings. The summed E-state index contributed by atoms with van der Waals surface area (Å²) in [4.78, 5) is 20.6. The number of halogens is 5. The Bertz CT molecular complexity index is 1480. The van der Waals surface area contributed by atoms with Crippen molar-refractivity contribution in [2.45, 2.75) is 38.0 Å². The molecule has 5 rings (SSSR count). The molecule has 1 aromatic carbocycles. The number of alkyl halides is 3. The molecule has 1 atom stereocenters. The predicted octanol–water partition coefficient (Wildman–Crippen LogP) is 5.66. The number of benzene rings is 1. The molecule has 13 heteroatoms. The molecule has 3 aromatic heterocycles. The van der Waals surface area contributed by atoms with E-state index in [1.807, 2.05) is 0 Å². The van der Waals surface area contributed by atoms with Crippen LogP contribution < -0.4 is 9.47 Å². The van der Waals surface area contributed by atoms with Crippen molar-refractivity contribution in [2.75, 3.05) is 7.11 Å². The first kappa shape index (κ1) is 25.5. The summed E-state index contributed by atoms with van der Waals surface area (Å²) in [5, 5.41) is 0. The van der Waals surface area contributed by atoms with E-state index in [0.29, 0.717) is 17.6 Å². The molecule has 0 saturated heterocycles. The van der Waals surface area contributed by atoms with E-state index in [2.05, 4.69) is 24.9 Å². The van der Waals surface area contributed by atoms with Crippen molar-refractivity contribution < 1.29 is 31.4 Å². The lowest BCUT2D eigenvalue weighted by Gasteiger charge is -2.17. The minimum atomic E-state index is -4.75. The summed E-state index contributed by atoms with van der Waals surface area (Å²) in [5.74, 6) is -1.68. The Morgan fingerprint density at radius 3 is 2.34 bits per heavy atom. The summed E-state index contributed by atoms with van der Waals surface area (Å²) in [6.45, 7) is 1.56. The molecule has 0 spiro atoms. The van der Waals surface area contributed by atoms with Crippen molar-refractivity contribution in [1.82, 2.24) is 29.5 Å². The largest absolute Gasteiger partial charge is 0.480 e. The van der Waals surface area contributed by atoms with E-state index in [0.717, 1.165) is 35.2 Å². The number of rotatable bonds is 7. The zero-order valence-corrected chi connectivity index (χ0v) is 20.4. The van der Waals surface area contributed by atoms with Crippen LogP contribution in [0.1, 0.15) is 48.7 Å². The van der Waals surface area contributed by atoms with Crippen molar-refractivity contribution >= 4 is 0 Å². The first-order valence-corrected chi connectivity index (χ1v) is 11.6. The average molecular weight is 532 g/mol. The van der Waals surface area contributed by atoms with Gasteiger partial charge in [-0.15, -0.1) is 0 Å². The van der Waals surface area contributed by atoms with Gasteiger partial charge in [-0.3, -0.25) is 0 Å². The van der Waals surface area contributed by atoms with Gasteiger partial charge in [0.25, 0.3) is 0 Å². The van der Waals surface area contributed by atoms with E-state index in [9.17, 15) is 22.0 Å². The summed E-state index contributed by atoms with van der Waals surface area (Å²) in [5.41, 5.74) is -0.505. The second-order valence-electron chi connectivity index (χ2n) is 8.81. The Morgan fingerprint density at radius 2 is 1.74 bits per heavy atom. The van der Waals surface area contributed by atoms with E-state index < -0.39 is 41.0 Å². The highest BCUT2D eigenvalue weighted by atomic mass is 19.4. The number of nitrogens with zero attached hydrogens (tertiary/aromatic N) is 6. The number of methoxy groups -OCH3 is 1. The third-order valence-corrected chi connectivity index (χ3v) is 6.07. The molecule has 198 valence electrons. The number of aromatic nitrogens is 6. The Hall–Kier alpha value is -4.16. The minimum Gasteiger partial charge on any atom is -0.480 e. The second kappa shape index (κ2) is 9.62. The van der Waals surface area contributed by atoms with Crippen LogP contribution in [0.4, 0.5) is 22.0 Å². The van der Waals surface area contributed by atoms with Gasteiger partial charge in [0.15, 0.2) is 11.5 Å². The monoisotopic (exact) mass is 532 g/mol. The molecule has 1 aliphatic carbocycles. The van der Waals surface area contributed by atoms with E-state index in [1.165, 1.54) is 32.7 Å². The van der Waals surface area contributed by atoms with Crippen LogP contribution in [-0.4, -0.2) is 36.6 Å². The fourth-order valence-corrected chi connectivity index (χ4v) is 4.07. The van der Waals surface area contributed by atoms with Crippen molar-refractivity contribution in [3.63, 3.8) is 0 Å². The van der Waals surface area contributed by atoms with Crippen LogP contribution in [0, 0.1) is 11.6 Å². The van der Waals surface area contributed by atoms with Crippen molar-refractivity contribution in [1.29, 1.82) is 0 Å². The summed E-state index contributed by atoms with van der Waals surface area (Å²) < 4.78 is 81.2. The van der Waals surface area contributed by atoms with Gasteiger partial charge in [-0.05, 0) is 37.5 Å².